The van der Waals surface area contributed by atoms with Crippen LogP contribution in [-0.2, 0) is 9.53 Å². The Morgan fingerprint density at radius 3 is 2.48 bits per heavy atom. The van der Waals surface area contributed by atoms with Gasteiger partial charge < -0.3 is 15.0 Å². The maximum absolute atomic E-state index is 12.0. The quantitative estimate of drug-likeness (QED) is 0.544. The van der Waals surface area contributed by atoms with Crippen LogP contribution < -0.4 is 5.32 Å². The van der Waals surface area contributed by atoms with E-state index in [1.54, 1.807) is 0 Å². The van der Waals surface area contributed by atoms with Crippen LogP contribution in [0, 0.1) is 0 Å². The standard InChI is InChI=1S/C18H19BrN2O4/c1-3-15(12-4-6-14(19)7-5-12)21-17(23)10-25-18(24)16-8-13(9-20-16)11(2)22/h4-9,15,20H,3,10H2,1-2H3,(H,21,23)/t15-/m1/s1. The van der Waals surface area contributed by atoms with Crippen molar-refractivity contribution in [2.24, 2.45) is 0 Å². The fourth-order valence-electron chi connectivity index (χ4n) is 2.28. The molecule has 1 aromatic heterocycles. The summed E-state index contributed by atoms with van der Waals surface area (Å²) in [5.74, 6) is -1.23. The third kappa shape index (κ3) is 5.29. The van der Waals surface area contributed by atoms with Gasteiger partial charge in [-0.3, -0.25) is 9.59 Å². The molecular weight excluding hydrogens is 388 g/mol. The van der Waals surface area contributed by atoms with Gasteiger partial charge in [-0.2, -0.15) is 0 Å². The highest BCUT2D eigenvalue weighted by atomic mass is 79.9. The summed E-state index contributed by atoms with van der Waals surface area (Å²) >= 11 is 3.37. The maximum Gasteiger partial charge on any atom is 0.355 e. The van der Waals surface area contributed by atoms with Crippen LogP contribution in [0.4, 0.5) is 0 Å². The summed E-state index contributed by atoms with van der Waals surface area (Å²) in [5.41, 5.74) is 1.50. The highest BCUT2D eigenvalue weighted by Crippen LogP contribution is 2.19. The molecule has 1 aromatic carbocycles. The fraction of sp³-hybridized carbons (Fsp3) is 0.278. The van der Waals surface area contributed by atoms with E-state index >= 15 is 0 Å². The monoisotopic (exact) mass is 406 g/mol. The van der Waals surface area contributed by atoms with Crippen LogP contribution in [0.2, 0.25) is 0 Å². The summed E-state index contributed by atoms with van der Waals surface area (Å²) in [6.45, 7) is 2.97. The van der Waals surface area contributed by atoms with E-state index in [1.807, 2.05) is 31.2 Å². The smallest absolute Gasteiger partial charge is 0.355 e. The second-order valence-electron chi connectivity index (χ2n) is 5.51. The average Bonchev–Trinajstić information content (AvgIpc) is 3.09. The first-order chi connectivity index (χ1) is 11.9. The van der Waals surface area contributed by atoms with E-state index in [4.69, 9.17) is 4.74 Å². The number of nitrogens with one attached hydrogen (secondary N) is 2. The number of ether oxygens (including phenoxy) is 1. The summed E-state index contributed by atoms with van der Waals surface area (Å²) in [7, 11) is 0. The molecule has 2 aromatic rings. The lowest BCUT2D eigenvalue weighted by atomic mass is 10.0. The first-order valence-electron chi connectivity index (χ1n) is 7.82. The first kappa shape index (κ1) is 18.9. The minimum Gasteiger partial charge on any atom is -0.451 e. The predicted octanol–water partition coefficient (Wildman–Crippen LogP) is 3.40. The molecule has 7 heteroatoms. The van der Waals surface area contributed by atoms with E-state index in [-0.39, 0.29) is 30.0 Å². The Morgan fingerprint density at radius 2 is 1.92 bits per heavy atom. The van der Waals surface area contributed by atoms with Crippen molar-refractivity contribution in [3.63, 3.8) is 0 Å². The van der Waals surface area contributed by atoms with Gasteiger partial charge in [0.2, 0.25) is 0 Å². The Morgan fingerprint density at radius 1 is 1.24 bits per heavy atom. The summed E-state index contributed by atoms with van der Waals surface area (Å²) in [6, 6.07) is 8.90. The number of carbonyl (C=O) groups excluding carboxylic acids is 3. The zero-order valence-corrected chi connectivity index (χ0v) is 15.6. The number of carbonyl (C=O) groups is 3. The number of hydrogen-bond donors (Lipinski definition) is 2. The lowest BCUT2D eigenvalue weighted by molar-refractivity contribution is -0.125. The lowest BCUT2D eigenvalue weighted by Crippen LogP contribution is -2.32. The van der Waals surface area contributed by atoms with Crippen molar-refractivity contribution >= 4 is 33.6 Å². The molecule has 2 N–H and O–H groups in total. The molecule has 0 unspecified atom stereocenters. The largest absolute Gasteiger partial charge is 0.451 e. The summed E-state index contributed by atoms with van der Waals surface area (Å²) < 4.78 is 5.94. The van der Waals surface area contributed by atoms with Crippen molar-refractivity contribution in [1.82, 2.24) is 10.3 Å². The Balaban J connectivity index is 1.89. The van der Waals surface area contributed by atoms with Crippen LogP contribution in [-0.4, -0.2) is 29.3 Å². The van der Waals surface area contributed by atoms with Crippen LogP contribution in [0.25, 0.3) is 0 Å². The first-order valence-corrected chi connectivity index (χ1v) is 8.61. The Labute approximate surface area is 154 Å². The number of amides is 1. The van der Waals surface area contributed by atoms with Gasteiger partial charge >= 0.3 is 5.97 Å². The molecule has 0 saturated carbocycles. The van der Waals surface area contributed by atoms with Crippen LogP contribution >= 0.6 is 15.9 Å². The Hall–Kier alpha value is -2.41. The number of halogens is 1. The summed E-state index contributed by atoms with van der Waals surface area (Å²) in [4.78, 5) is 37.8. The third-order valence-corrected chi connectivity index (χ3v) is 4.19. The number of hydrogen-bond acceptors (Lipinski definition) is 4. The SMILES string of the molecule is CC[C@@H](NC(=O)COC(=O)c1cc(C(C)=O)c[nH]1)c1ccc(Br)cc1. The number of rotatable bonds is 7. The van der Waals surface area contributed by atoms with E-state index in [1.165, 1.54) is 19.2 Å². The van der Waals surface area contributed by atoms with E-state index < -0.39 is 5.97 Å². The number of aromatic amines is 1. The molecule has 2 rings (SSSR count). The molecule has 0 saturated heterocycles. The third-order valence-electron chi connectivity index (χ3n) is 3.66. The van der Waals surface area contributed by atoms with Gasteiger partial charge in [0, 0.05) is 16.2 Å². The number of esters is 1. The average molecular weight is 407 g/mol. The van der Waals surface area contributed by atoms with Crippen LogP contribution in [0.15, 0.2) is 41.0 Å². The number of ketones is 1. The molecular formula is C18H19BrN2O4. The molecule has 1 atom stereocenters. The molecule has 1 amide bonds. The van der Waals surface area contributed by atoms with Crippen molar-refractivity contribution in [3.8, 4) is 0 Å². The second kappa shape index (κ2) is 8.62. The van der Waals surface area contributed by atoms with Gasteiger partial charge in [0.1, 0.15) is 5.69 Å². The van der Waals surface area contributed by atoms with Gasteiger partial charge in [0.15, 0.2) is 12.4 Å². The summed E-state index contributed by atoms with van der Waals surface area (Å²) in [6.07, 6.45) is 2.14. The molecule has 0 aliphatic heterocycles. The second-order valence-corrected chi connectivity index (χ2v) is 6.43. The number of H-pyrrole nitrogens is 1. The van der Waals surface area contributed by atoms with Crippen molar-refractivity contribution in [2.75, 3.05) is 6.61 Å². The van der Waals surface area contributed by atoms with Gasteiger partial charge in [-0.1, -0.05) is 35.0 Å². The van der Waals surface area contributed by atoms with Gasteiger partial charge in [0.25, 0.3) is 5.91 Å². The molecule has 6 nitrogen and oxygen atoms in total. The Kier molecular flexibility index (Phi) is 6.52. The molecule has 0 spiro atoms. The molecule has 0 bridgehead atoms. The van der Waals surface area contributed by atoms with Crippen LogP contribution in [0.5, 0.6) is 0 Å². The van der Waals surface area contributed by atoms with Gasteiger partial charge in [-0.05, 0) is 37.1 Å². The van der Waals surface area contributed by atoms with Crippen molar-refractivity contribution < 1.29 is 19.1 Å². The van der Waals surface area contributed by atoms with E-state index in [9.17, 15) is 14.4 Å². The molecule has 1 heterocycles. The Bertz CT molecular complexity index is 768. The highest BCUT2D eigenvalue weighted by Gasteiger charge is 2.16. The maximum atomic E-state index is 12.0. The molecule has 25 heavy (non-hydrogen) atoms. The van der Waals surface area contributed by atoms with Gasteiger partial charge in [-0.15, -0.1) is 0 Å². The minimum atomic E-state index is -0.681. The number of benzene rings is 1. The van der Waals surface area contributed by atoms with E-state index in [0.29, 0.717) is 12.0 Å². The van der Waals surface area contributed by atoms with E-state index in [2.05, 4.69) is 26.2 Å². The number of Topliss-reactive ketones (excluding diaryl/α,β-unsaturated/α-hetero) is 1. The number of aromatic nitrogens is 1. The van der Waals surface area contributed by atoms with Gasteiger partial charge in [0.05, 0.1) is 6.04 Å². The van der Waals surface area contributed by atoms with E-state index in [0.717, 1.165) is 10.0 Å². The molecule has 0 aliphatic carbocycles. The van der Waals surface area contributed by atoms with Crippen molar-refractivity contribution in [2.45, 2.75) is 26.3 Å². The molecule has 0 fully saturated rings. The van der Waals surface area contributed by atoms with Gasteiger partial charge in [-0.25, -0.2) is 4.79 Å². The molecule has 0 radical (unpaired) electrons. The van der Waals surface area contributed by atoms with Crippen molar-refractivity contribution in [3.05, 3.63) is 57.8 Å². The zero-order valence-electron chi connectivity index (χ0n) is 14.0. The predicted molar refractivity (Wildman–Crippen MR) is 96.4 cm³/mol. The zero-order chi connectivity index (χ0) is 18.4. The van der Waals surface area contributed by atoms with Crippen LogP contribution in [0.3, 0.4) is 0 Å². The highest BCUT2D eigenvalue weighted by molar-refractivity contribution is 9.10. The fourth-order valence-corrected chi connectivity index (χ4v) is 2.54. The summed E-state index contributed by atoms with van der Waals surface area (Å²) in [5, 5.41) is 2.84. The normalized spacial score (nSPS) is 11.6. The van der Waals surface area contributed by atoms with Crippen molar-refractivity contribution in [1.29, 1.82) is 0 Å². The molecule has 0 aliphatic rings. The minimum absolute atomic E-state index is 0.137. The topological polar surface area (TPSA) is 88.3 Å². The van der Waals surface area contributed by atoms with Crippen LogP contribution in [0.1, 0.15) is 52.7 Å². The lowest BCUT2D eigenvalue weighted by Gasteiger charge is -2.17. The molecule has 132 valence electrons.